The highest BCUT2D eigenvalue weighted by atomic mass is 16.2. The number of imidazole rings is 1. The van der Waals surface area contributed by atoms with Gasteiger partial charge in [-0.2, -0.15) is 5.10 Å². The van der Waals surface area contributed by atoms with Crippen molar-refractivity contribution in [3.8, 4) is 0 Å². The van der Waals surface area contributed by atoms with Gasteiger partial charge >= 0.3 is 0 Å². The van der Waals surface area contributed by atoms with Gasteiger partial charge < -0.3 is 14.8 Å². The minimum Gasteiger partial charge on any atom is -0.342 e. The lowest BCUT2D eigenvalue weighted by Gasteiger charge is -2.25. The van der Waals surface area contributed by atoms with Gasteiger partial charge in [0.15, 0.2) is 0 Å². The van der Waals surface area contributed by atoms with Crippen molar-refractivity contribution in [3.05, 3.63) is 77.9 Å². The molecule has 0 unspecified atom stereocenters. The van der Waals surface area contributed by atoms with Crippen LogP contribution in [0.4, 0.5) is 5.69 Å². The van der Waals surface area contributed by atoms with Crippen LogP contribution in [0.5, 0.6) is 0 Å². The van der Waals surface area contributed by atoms with Crippen LogP contribution in [-0.2, 0) is 11.2 Å². The van der Waals surface area contributed by atoms with Crippen molar-refractivity contribution in [1.82, 2.24) is 25.1 Å². The lowest BCUT2D eigenvalue weighted by Crippen LogP contribution is -2.33. The normalized spacial score (nSPS) is 15.8. The summed E-state index contributed by atoms with van der Waals surface area (Å²) in [4.78, 5) is 37.7. The Morgan fingerprint density at radius 2 is 1.91 bits per heavy atom. The number of H-pyrrole nitrogens is 2. The number of amides is 2. The third-order valence-corrected chi connectivity index (χ3v) is 6.27. The topological polar surface area (TPSA) is 98.0 Å². The summed E-state index contributed by atoms with van der Waals surface area (Å²) in [6.07, 6.45) is 4.16. The second-order valence-corrected chi connectivity index (χ2v) is 8.34. The molecule has 33 heavy (non-hydrogen) atoms. The van der Waals surface area contributed by atoms with Gasteiger partial charge in [-0.3, -0.25) is 14.7 Å². The van der Waals surface area contributed by atoms with Gasteiger partial charge in [-0.15, -0.1) is 0 Å². The number of carbonyl (C=O) groups is 2. The van der Waals surface area contributed by atoms with Gasteiger partial charge in [0.05, 0.1) is 34.5 Å². The maximum Gasteiger partial charge on any atom is 0.261 e. The molecule has 1 aliphatic rings. The molecule has 0 bridgehead atoms. The summed E-state index contributed by atoms with van der Waals surface area (Å²) in [6.45, 7) is 0.671. The molecular formula is C25H26N6O2. The van der Waals surface area contributed by atoms with Gasteiger partial charge in [0.2, 0.25) is 5.91 Å². The molecule has 2 N–H and O–H groups in total. The number of carbonyl (C=O) groups excluding carboxylic acids is 2. The van der Waals surface area contributed by atoms with Crippen LogP contribution < -0.4 is 4.90 Å². The van der Waals surface area contributed by atoms with Gasteiger partial charge in [0, 0.05) is 32.1 Å². The molecule has 0 aliphatic carbocycles. The average Bonchev–Trinajstić information content (AvgIpc) is 3.60. The number of aromatic nitrogens is 4. The summed E-state index contributed by atoms with van der Waals surface area (Å²) >= 11 is 0. The zero-order chi connectivity index (χ0) is 22.8. The summed E-state index contributed by atoms with van der Waals surface area (Å²) in [6, 6.07) is 17.2. The van der Waals surface area contributed by atoms with Crippen LogP contribution in [0.25, 0.3) is 11.0 Å². The summed E-state index contributed by atoms with van der Waals surface area (Å²) in [5.74, 6) is 0.719. The number of nitrogens with zero attached hydrogens (tertiary/aromatic N) is 4. The molecule has 8 heteroatoms. The maximum atomic E-state index is 13.2. The molecule has 1 fully saturated rings. The number of rotatable bonds is 6. The molecule has 2 aromatic carbocycles. The van der Waals surface area contributed by atoms with Crippen LogP contribution in [0.2, 0.25) is 0 Å². The molecular weight excluding hydrogens is 416 g/mol. The molecule has 168 valence electrons. The van der Waals surface area contributed by atoms with Crippen LogP contribution in [-0.4, -0.2) is 50.5 Å². The first-order chi connectivity index (χ1) is 16.1. The van der Waals surface area contributed by atoms with Crippen molar-refractivity contribution < 1.29 is 9.59 Å². The van der Waals surface area contributed by atoms with E-state index >= 15 is 0 Å². The molecule has 1 atom stereocenters. The van der Waals surface area contributed by atoms with Crippen LogP contribution >= 0.6 is 0 Å². The van der Waals surface area contributed by atoms with Crippen LogP contribution in [0.15, 0.2) is 60.8 Å². The fourth-order valence-corrected chi connectivity index (χ4v) is 4.53. The van der Waals surface area contributed by atoms with Crippen molar-refractivity contribution >= 4 is 28.5 Å². The van der Waals surface area contributed by atoms with Gasteiger partial charge in [-0.1, -0.05) is 30.3 Å². The Balaban J connectivity index is 1.30. The number of hydrogen-bond donors (Lipinski definition) is 2. The monoisotopic (exact) mass is 442 g/mol. The maximum absolute atomic E-state index is 13.2. The van der Waals surface area contributed by atoms with Crippen LogP contribution in [0.1, 0.15) is 47.2 Å². The summed E-state index contributed by atoms with van der Waals surface area (Å²) in [5.41, 5.74) is 3.89. The average molecular weight is 443 g/mol. The first-order valence-corrected chi connectivity index (χ1v) is 11.2. The number of nitrogens with one attached hydrogen (secondary N) is 2. The standard InChI is InChI=1S/C25H26N6O2/c1-30(17-8-3-2-4-9-17)25(33)18-16-26-29-24(18)21-12-7-15-31(21)23(32)14-13-22-27-19-10-5-6-11-20(19)28-22/h2-6,8-11,16,21H,7,12-15H2,1H3,(H,26,29)(H,27,28)/t21-/m1/s1. The molecule has 0 saturated carbocycles. The van der Waals surface area contributed by atoms with Gasteiger partial charge in [0.25, 0.3) is 5.91 Å². The number of fused-ring (bicyclic) bond motifs is 1. The third kappa shape index (κ3) is 4.11. The highest BCUT2D eigenvalue weighted by Crippen LogP contribution is 2.34. The van der Waals surface area contributed by atoms with Gasteiger partial charge in [0.1, 0.15) is 5.82 Å². The number of benzene rings is 2. The minimum atomic E-state index is -0.182. The second kappa shape index (κ2) is 8.90. The zero-order valence-electron chi connectivity index (χ0n) is 18.5. The van der Waals surface area contributed by atoms with E-state index in [1.54, 1.807) is 18.1 Å². The quantitative estimate of drug-likeness (QED) is 0.474. The van der Waals surface area contributed by atoms with E-state index in [-0.39, 0.29) is 17.9 Å². The number of hydrogen-bond acceptors (Lipinski definition) is 4. The Labute approximate surface area is 191 Å². The van der Waals surface area contributed by atoms with Crippen molar-refractivity contribution in [1.29, 1.82) is 0 Å². The molecule has 3 heterocycles. The fourth-order valence-electron chi connectivity index (χ4n) is 4.53. The second-order valence-electron chi connectivity index (χ2n) is 8.34. The lowest BCUT2D eigenvalue weighted by molar-refractivity contribution is -0.132. The highest BCUT2D eigenvalue weighted by molar-refractivity contribution is 6.06. The zero-order valence-corrected chi connectivity index (χ0v) is 18.5. The Morgan fingerprint density at radius 1 is 1.12 bits per heavy atom. The Hall–Kier alpha value is -3.94. The van der Waals surface area contributed by atoms with Gasteiger partial charge in [-0.05, 0) is 37.1 Å². The van der Waals surface area contributed by atoms with Crippen LogP contribution in [0.3, 0.4) is 0 Å². The number of aryl methyl sites for hydroxylation is 1. The highest BCUT2D eigenvalue weighted by Gasteiger charge is 2.34. The van der Waals surface area contributed by atoms with Gasteiger partial charge in [-0.25, -0.2) is 4.98 Å². The first kappa shape index (κ1) is 20.9. The van der Waals surface area contributed by atoms with E-state index < -0.39 is 0 Å². The summed E-state index contributed by atoms with van der Waals surface area (Å²) in [7, 11) is 1.75. The van der Waals surface area contributed by atoms with E-state index in [0.717, 1.165) is 35.4 Å². The van der Waals surface area contributed by atoms with E-state index in [1.165, 1.54) is 0 Å². The number of para-hydroxylation sites is 3. The summed E-state index contributed by atoms with van der Waals surface area (Å²) < 4.78 is 0. The SMILES string of the molecule is CN(C(=O)c1cn[nH]c1[C@H]1CCCN1C(=O)CCc1nc2ccccc2[nH]1)c1ccccc1. The molecule has 2 aromatic heterocycles. The Morgan fingerprint density at radius 3 is 2.73 bits per heavy atom. The van der Waals surface area contributed by atoms with E-state index in [0.29, 0.717) is 30.6 Å². The van der Waals surface area contributed by atoms with E-state index in [4.69, 9.17) is 0 Å². The number of likely N-dealkylation sites (tertiary alicyclic amines) is 1. The predicted molar refractivity (Wildman–Crippen MR) is 126 cm³/mol. The number of anilines is 1. The molecule has 0 radical (unpaired) electrons. The predicted octanol–water partition coefficient (Wildman–Crippen LogP) is 3.86. The third-order valence-electron chi connectivity index (χ3n) is 6.27. The van der Waals surface area contributed by atoms with Crippen LogP contribution in [0, 0.1) is 0 Å². The first-order valence-electron chi connectivity index (χ1n) is 11.2. The van der Waals surface area contributed by atoms with E-state index in [9.17, 15) is 9.59 Å². The van der Waals surface area contributed by atoms with Crippen molar-refractivity contribution in [2.24, 2.45) is 0 Å². The smallest absolute Gasteiger partial charge is 0.261 e. The molecule has 1 saturated heterocycles. The van der Waals surface area contributed by atoms with E-state index in [2.05, 4.69) is 20.2 Å². The molecule has 1 aliphatic heterocycles. The van der Waals surface area contributed by atoms with E-state index in [1.807, 2.05) is 59.5 Å². The minimum absolute atomic E-state index is 0.0577. The fraction of sp³-hybridized carbons (Fsp3) is 0.280. The molecule has 0 spiro atoms. The Kier molecular flexibility index (Phi) is 5.64. The molecule has 4 aromatic rings. The van der Waals surface area contributed by atoms with Crippen molar-refractivity contribution in [2.45, 2.75) is 31.7 Å². The van der Waals surface area contributed by atoms with Crippen molar-refractivity contribution in [2.75, 3.05) is 18.5 Å². The van der Waals surface area contributed by atoms with Crippen molar-refractivity contribution in [3.63, 3.8) is 0 Å². The lowest BCUT2D eigenvalue weighted by atomic mass is 10.1. The largest absolute Gasteiger partial charge is 0.342 e. The summed E-state index contributed by atoms with van der Waals surface area (Å²) in [5, 5.41) is 7.15. The molecule has 8 nitrogen and oxygen atoms in total. The number of aromatic amines is 2. The molecule has 2 amide bonds. The molecule has 5 rings (SSSR count). The Bertz CT molecular complexity index is 1250.